The molecule has 0 saturated heterocycles. The van der Waals surface area contributed by atoms with Crippen LogP contribution in [0.1, 0.15) is 18.9 Å². The van der Waals surface area contributed by atoms with E-state index in [1.807, 2.05) is 18.2 Å². The number of hydrogen-bond acceptors (Lipinski definition) is 4. The van der Waals surface area contributed by atoms with Crippen molar-refractivity contribution in [2.75, 3.05) is 6.54 Å². The molecule has 0 radical (unpaired) electrons. The van der Waals surface area contributed by atoms with E-state index in [0.717, 1.165) is 10.5 Å². The summed E-state index contributed by atoms with van der Waals surface area (Å²) in [5, 5.41) is 11.2. The number of nitrogens with two attached hydrogens (primary N) is 1. The molecule has 2 unspecified atom stereocenters. The SMILES string of the molecule is CC(C)C(CN)C(O)Cc1nc2ccccc2s1. The zero-order valence-electron chi connectivity index (χ0n) is 10.8. The molecule has 0 saturated carbocycles. The van der Waals surface area contributed by atoms with Gasteiger partial charge in [0.25, 0.3) is 0 Å². The third kappa shape index (κ3) is 2.88. The zero-order valence-corrected chi connectivity index (χ0v) is 11.7. The van der Waals surface area contributed by atoms with Gasteiger partial charge in [-0.2, -0.15) is 0 Å². The molecule has 1 heterocycles. The number of aromatic nitrogens is 1. The van der Waals surface area contributed by atoms with Gasteiger partial charge in [-0.15, -0.1) is 11.3 Å². The lowest BCUT2D eigenvalue weighted by Crippen LogP contribution is -2.33. The van der Waals surface area contributed by atoms with Crippen LogP contribution in [-0.2, 0) is 6.42 Å². The molecule has 1 aromatic heterocycles. The van der Waals surface area contributed by atoms with E-state index in [1.54, 1.807) is 11.3 Å². The van der Waals surface area contributed by atoms with Gasteiger partial charge < -0.3 is 10.8 Å². The van der Waals surface area contributed by atoms with Gasteiger partial charge in [-0.25, -0.2) is 4.98 Å². The van der Waals surface area contributed by atoms with E-state index in [9.17, 15) is 5.11 Å². The number of rotatable bonds is 5. The average molecular weight is 264 g/mol. The highest BCUT2D eigenvalue weighted by molar-refractivity contribution is 7.18. The van der Waals surface area contributed by atoms with Crippen molar-refractivity contribution in [1.29, 1.82) is 0 Å². The molecule has 2 rings (SSSR count). The molecule has 0 aliphatic heterocycles. The minimum atomic E-state index is -0.407. The fraction of sp³-hybridized carbons (Fsp3) is 0.500. The second-order valence-electron chi connectivity index (χ2n) is 4.99. The summed E-state index contributed by atoms with van der Waals surface area (Å²) < 4.78 is 1.17. The number of nitrogens with zero attached hydrogens (tertiary/aromatic N) is 1. The van der Waals surface area contributed by atoms with E-state index < -0.39 is 6.10 Å². The lowest BCUT2D eigenvalue weighted by atomic mass is 9.89. The first-order valence-corrected chi connectivity index (χ1v) is 7.16. The maximum atomic E-state index is 10.2. The summed E-state index contributed by atoms with van der Waals surface area (Å²) in [4.78, 5) is 4.55. The molecular weight excluding hydrogens is 244 g/mol. The molecule has 0 bridgehead atoms. The summed E-state index contributed by atoms with van der Waals surface area (Å²) in [5.41, 5.74) is 6.74. The van der Waals surface area contributed by atoms with Gasteiger partial charge in [-0.3, -0.25) is 0 Å². The number of benzene rings is 1. The number of fused-ring (bicyclic) bond motifs is 1. The fourth-order valence-corrected chi connectivity index (χ4v) is 3.23. The van der Waals surface area contributed by atoms with Crippen LogP contribution in [0.15, 0.2) is 24.3 Å². The first kappa shape index (κ1) is 13.5. The molecule has 0 aliphatic carbocycles. The lowest BCUT2D eigenvalue weighted by Gasteiger charge is -2.24. The van der Waals surface area contributed by atoms with Gasteiger partial charge in [-0.05, 0) is 30.5 Å². The Morgan fingerprint density at radius 1 is 1.33 bits per heavy atom. The van der Waals surface area contributed by atoms with Crippen LogP contribution in [0, 0.1) is 11.8 Å². The van der Waals surface area contributed by atoms with E-state index >= 15 is 0 Å². The zero-order chi connectivity index (χ0) is 13.1. The van der Waals surface area contributed by atoms with E-state index in [2.05, 4.69) is 24.9 Å². The van der Waals surface area contributed by atoms with Gasteiger partial charge in [0.2, 0.25) is 0 Å². The largest absolute Gasteiger partial charge is 0.392 e. The van der Waals surface area contributed by atoms with Crippen LogP contribution in [0.5, 0.6) is 0 Å². The third-order valence-electron chi connectivity index (χ3n) is 3.34. The number of hydrogen-bond donors (Lipinski definition) is 2. The summed E-state index contributed by atoms with van der Waals surface area (Å²) in [6.07, 6.45) is 0.190. The summed E-state index contributed by atoms with van der Waals surface area (Å²) in [5.74, 6) is 0.524. The van der Waals surface area contributed by atoms with Crippen LogP contribution >= 0.6 is 11.3 Å². The average Bonchev–Trinajstić information content (AvgIpc) is 2.71. The fourth-order valence-electron chi connectivity index (χ4n) is 2.21. The maximum Gasteiger partial charge on any atom is 0.0964 e. The summed E-state index contributed by atoms with van der Waals surface area (Å²) in [6.45, 7) is 4.71. The van der Waals surface area contributed by atoms with E-state index in [4.69, 9.17) is 5.73 Å². The number of para-hydroxylation sites is 1. The first-order valence-electron chi connectivity index (χ1n) is 6.34. The van der Waals surface area contributed by atoms with Crippen LogP contribution < -0.4 is 5.73 Å². The molecule has 98 valence electrons. The van der Waals surface area contributed by atoms with Crippen molar-refractivity contribution in [2.45, 2.75) is 26.4 Å². The molecular formula is C14H20N2OS. The molecule has 0 spiro atoms. The lowest BCUT2D eigenvalue weighted by molar-refractivity contribution is 0.0863. The topological polar surface area (TPSA) is 59.1 Å². The molecule has 3 nitrogen and oxygen atoms in total. The van der Waals surface area contributed by atoms with Crippen LogP contribution in [0.3, 0.4) is 0 Å². The van der Waals surface area contributed by atoms with Crippen molar-refractivity contribution in [3.8, 4) is 0 Å². The molecule has 1 aromatic carbocycles. The van der Waals surface area contributed by atoms with E-state index in [-0.39, 0.29) is 5.92 Å². The van der Waals surface area contributed by atoms with Crippen molar-refractivity contribution >= 4 is 21.6 Å². The minimum Gasteiger partial charge on any atom is -0.392 e. The number of aliphatic hydroxyl groups excluding tert-OH is 1. The van der Waals surface area contributed by atoms with Gasteiger partial charge in [0.1, 0.15) is 0 Å². The van der Waals surface area contributed by atoms with Gasteiger partial charge >= 0.3 is 0 Å². The normalized spacial score (nSPS) is 15.2. The predicted molar refractivity (Wildman–Crippen MR) is 76.7 cm³/mol. The second kappa shape index (κ2) is 5.78. The Hall–Kier alpha value is -0.970. The van der Waals surface area contributed by atoms with Gasteiger partial charge in [0.05, 0.1) is 21.3 Å². The highest BCUT2D eigenvalue weighted by Gasteiger charge is 2.22. The Labute approximate surface area is 112 Å². The third-order valence-corrected chi connectivity index (χ3v) is 4.40. The van der Waals surface area contributed by atoms with Crippen molar-refractivity contribution in [1.82, 2.24) is 4.98 Å². The Balaban J connectivity index is 2.13. The second-order valence-corrected chi connectivity index (χ2v) is 6.11. The Bertz CT molecular complexity index is 476. The summed E-state index contributed by atoms with van der Waals surface area (Å²) in [6, 6.07) is 8.06. The van der Waals surface area contributed by atoms with Crippen LogP contribution in [0.4, 0.5) is 0 Å². The molecule has 4 heteroatoms. The first-order chi connectivity index (χ1) is 8.61. The molecule has 0 aliphatic rings. The standard InChI is InChI=1S/C14H20N2OS/c1-9(2)10(8-15)12(17)7-14-16-11-5-3-4-6-13(11)18-14/h3-6,9-10,12,17H,7-8,15H2,1-2H3. The smallest absolute Gasteiger partial charge is 0.0964 e. The Kier molecular flexibility index (Phi) is 4.32. The van der Waals surface area contributed by atoms with Crippen LogP contribution in [0.2, 0.25) is 0 Å². The predicted octanol–water partition coefficient (Wildman–Crippen LogP) is 2.43. The summed E-state index contributed by atoms with van der Waals surface area (Å²) >= 11 is 1.65. The van der Waals surface area contributed by atoms with Crippen LogP contribution in [-0.4, -0.2) is 22.7 Å². The van der Waals surface area contributed by atoms with Gasteiger partial charge in [0.15, 0.2) is 0 Å². The highest BCUT2D eigenvalue weighted by Crippen LogP contribution is 2.25. The summed E-state index contributed by atoms with van der Waals surface area (Å²) in [7, 11) is 0. The molecule has 0 amide bonds. The quantitative estimate of drug-likeness (QED) is 0.872. The van der Waals surface area contributed by atoms with Gasteiger partial charge in [0, 0.05) is 6.42 Å². The monoisotopic (exact) mass is 264 g/mol. The molecule has 2 atom stereocenters. The van der Waals surface area contributed by atoms with Crippen molar-refractivity contribution in [3.63, 3.8) is 0 Å². The van der Waals surface area contributed by atoms with Crippen molar-refractivity contribution < 1.29 is 5.11 Å². The van der Waals surface area contributed by atoms with E-state index in [1.165, 1.54) is 4.70 Å². The van der Waals surface area contributed by atoms with E-state index in [0.29, 0.717) is 18.9 Å². The highest BCUT2D eigenvalue weighted by atomic mass is 32.1. The Morgan fingerprint density at radius 2 is 2.06 bits per heavy atom. The maximum absolute atomic E-state index is 10.2. The Morgan fingerprint density at radius 3 is 2.67 bits per heavy atom. The van der Waals surface area contributed by atoms with Gasteiger partial charge in [-0.1, -0.05) is 26.0 Å². The molecule has 18 heavy (non-hydrogen) atoms. The number of thiazole rings is 1. The van der Waals surface area contributed by atoms with Crippen molar-refractivity contribution in [2.24, 2.45) is 17.6 Å². The molecule has 0 fully saturated rings. The van der Waals surface area contributed by atoms with Crippen LogP contribution in [0.25, 0.3) is 10.2 Å². The molecule has 3 N–H and O–H groups in total. The molecule has 2 aromatic rings. The van der Waals surface area contributed by atoms with Crippen molar-refractivity contribution in [3.05, 3.63) is 29.3 Å². The minimum absolute atomic E-state index is 0.136. The number of aliphatic hydroxyl groups is 1.